The molecule has 35 heavy (non-hydrogen) atoms. The predicted molar refractivity (Wildman–Crippen MR) is 131 cm³/mol. The lowest BCUT2D eigenvalue weighted by Crippen LogP contribution is -2.56. The Morgan fingerprint density at radius 3 is 2.57 bits per heavy atom. The minimum absolute atomic E-state index is 0.0514. The number of benzene rings is 1. The number of rotatable bonds is 11. The van der Waals surface area contributed by atoms with Gasteiger partial charge in [0, 0.05) is 30.4 Å². The largest absolute Gasteiger partial charge is 0.481 e. The number of carbonyl (C=O) groups is 3. The van der Waals surface area contributed by atoms with Crippen molar-refractivity contribution in [1.82, 2.24) is 4.90 Å². The fourth-order valence-electron chi connectivity index (χ4n) is 6.40. The maximum Gasteiger partial charge on any atom is 0.310 e. The highest BCUT2D eigenvalue weighted by atomic mass is 35.5. The maximum absolute atomic E-state index is 14.2. The van der Waals surface area contributed by atoms with Crippen molar-refractivity contribution in [3.63, 3.8) is 0 Å². The lowest BCUT2D eigenvalue weighted by molar-refractivity contribution is -0.155. The van der Waals surface area contributed by atoms with Crippen LogP contribution in [0.4, 0.5) is 5.69 Å². The van der Waals surface area contributed by atoms with Crippen LogP contribution < -0.4 is 4.90 Å². The van der Waals surface area contributed by atoms with Gasteiger partial charge in [0.1, 0.15) is 17.6 Å². The number of nitrogens with zero attached hydrogens (tertiary/aromatic N) is 2. The van der Waals surface area contributed by atoms with E-state index < -0.39 is 35.0 Å². The summed E-state index contributed by atoms with van der Waals surface area (Å²) in [4.78, 5) is 43.6. The quantitative estimate of drug-likeness (QED) is 0.354. The highest BCUT2D eigenvalue weighted by Crippen LogP contribution is 2.64. The number of carboxylic acid groups (broad SMARTS) is 1. The second kappa shape index (κ2) is 9.91. The van der Waals surface area contributed by atoms with Crippen molar-refractivity contribution < 1.29 is 29.3 Å². The highest BCUT2D eigenvalue weighted by Gasteiger charge is 2.79. The first kappa shape index (κ1) is 25.7. The number of hydrogen-bond donors (Lipinski definition) is 2. The molecule has 9 heteroatoms. The summed E-state index contributed by atoms with van der Waals surface area (Å²) in [7, 11) is 0. The van der Waals surface area contributed by atoms with E-state index in [0.29, 0.717) is 55.8 Å². The molecule has 1 spiro atoms. The molecule has 2 unspecified atom stereocenters. The number of likely N-dealkylation sites (tertiary alicyclic amines) is 1. The number of aliphatic hydroxyl groups excluding tert-OH is 1. The van der Waals surface area contributed by atoms with E-state index in [1.54, 1.807) is 35.2 Å². The smallest absolute Gasteiger partial charge is 0.310 e. The topological polar surface area (TPSA) is 107 Å². The Balaban J connectivity index is 1.77. The van der Waals surface area contributed by atoms with Gasteiger partial charge in [-0.05, 0) is 62.8 Å². The minimum atomic E-state index is -1.18. The normalized spacial score (nSPS) is 31.0. The lowest BCUT2D eigenvalue weighted by atomic mass is 9.65. The Labute approximate surface area is 210 Å². The first-order valence-corrected chi connectivity index (χ1v) is 12.7. The summed E-state index contributed by atoms with van der Waals surface area (Å²) in [6.07, 6.45) is 4.90. The first-order chi connectivity index (χ1) is 16.8. The Kier molecular flexibility index (Phi) is 7.27. The average Bonchev–Trinajstić information content (AvgIpc) is 3.44. The number of carbonyl (C=O) groups excluding carboxylic acids is 2. The molecule has 1 aromatic rings. The van der Waals surface area contributed by atoms with Crippen LogP contribution in [0.3, 0.4) is 0 Å². The summed E-state index contributed by atoms with van der Waals surface area (Å²) in [5, 5.41) is 19.8. The van der Waals surface area contributed by atoms with Crippen molar-refractivity contribution in [2.75, 3.05) is 24.6 Å². The molecule has 0 saturated carbocycles. The van der Waals surface area contributed by atoms with E-state index in [1.165, 1.54) is 4.90 Å². The maximum atomic E-state index is 14.2. The number of hydrogen-bond acceptors (Lipinski definition) is 5. The monoisotopic (exact) mass is 504 g/mol. The summed E-state index contributed by atoms with van der Waals surface area (Å²) in [5.41, 5.74) is -1.52. The van der Waals surface area contributed by atoms with E-state index in [-0.39, 0.29) is 25.0 Å². The zero-order valence-corrected chi connectivity index (χ0v) is 20.7. The van der Waals surface area contributed by atoms with Crippen molar-refractivity contribution in [1.29, 1.82) is 0 Å². The molecular weight excluding hydrogens is 472 g/mol. The molecule has 190 valence electrons. The molecule has 0 radical (unpaired) electrons. The second-order valence-corrected chi connectivity index (χ2v) is 10.1. The summed E-state index contributed by atoms with van der Waals surface area (Å²) in [5.74, 6) is -3.60. The molecule has 3 heterocycles. The van der Waals surface area contributed by atoms with Gasteiger partial charge in [-0.15, -0.1) is 6.58 Å². The Morgan fingerprint density at radius 2 is 1.97 bits per heavy atom. The third-order valence-corrected chi connectivity index (χ3v) is 8.21. The number of anilines is 1. The molecule has 2 N–H and O–H groups in total. The first-order valence-electron chi connectivity index (χ1n) is 12.3. The lowest BCUT2D eigenvalue weighted by Gasteiger charge is -2.37. The molecule has 0 aromatic heterocycles. The fourth-order valence-corrected chi connectivity index (χ4v) is 6.53. The fraction of sp³-hybridized carbons (Fsp3) is 0.577. The van der Waals surface area contributed by atoms with Crippen LogP contribution in [0.5, 0.6) is 0 Å². The van der Waals surface area contributed by atoms with Crippen LogP contribution in [-0.4, -0.2) is 69.8 Å². The minimum Gasteiger partial charge on any atom is -0.481 e. The average molecular weight is 505 g/mol. The van der Waals surface area contributed by atoms with Gasteiger partial charge < -0.3 is 24.7 Å². The Bertz CT molecular complexity index is 1000. The van der Waals surface area contributed by atoms with Crippen molar-refractivity contribution in [2.24, 2.45) is 11.8 Å². The van der Waals surface area contributed by atoms with E-state index >= 15 is 0 Å². The van der Waals surface area contributed by atoms with E-state index in [4.69, 9.17) is 21.4 Å². The standard InChI is InChI=1S/C26H33ClN2O6/c1-3-14-28(18-10-8-17(27)9-11-18)23(32)21-26-13-12-25(4-2,35-26)20(24(33)34)19(26)22(31)29(21)15-6-5-7-16-30/h3,8-11,19-21,30H,1,4-7,12-16H2,2H3,(H,33,34)/t19-,20-,21?,25+,26?/m0/s1. The van der Waals surface area contributed by atoms with Crippen molar-refractivity contribution >= 4 is 35.1 Å². The number of aliphatic hydroxyl groups is 1. The third-order valence-electron chi connectivity index (χ3n) is 7.95. The van der Waals surface area contributed by atoms with Gasteiger partial charge in [-0.1, -0.05) is 24.6 Å². The highest BCUT2D eigenvalue weighted by molar-refractivity contribution is 6.30. The predicted octanol–water partition coefficient (Wildman–Crippen LogP) is 3.26. The zero-order valence-electron chi connectivity index (χ0n) is 20.0. The molecule has 0 aliphatic carbocycles. The Hall–Kier alpha value is -2.42. The van der Waals surface area contributed by atoms with E-state index in [0.717, 1.165) is 0 Å². The number of halogens is 1. The van der Waals surface area contributed by atoms with E-state index in [2.05, 4.69) is 6.58 Å². The van der Waals surface area contributed by atoms with E-state index in [9.17, 15) is 19.5 Å². The van der Waals surface area contributed by atoms with Crippen LogP contribution in [0.1, 0.15) is 45.4 Å². The van der Waals surface area contributed by atoms with Gasteiger partial charge in [0.25, 0.3) is 5.91 Å². The zero-order chi connectivity index (χ0) is 25.4. The molecule has 2 bridgehead atoms. The molecule has 1 aromatic carbocycles. The van der Waals surface area contributed by atoms with Crippen molar-refractivity contribution in [2.45, 2.75) is 62.7 Å². The van der Waals surface area contributed by atoms with Gasteiger partial charge in [0.15, 0.2) is 0 Å². The van der Waals surface area contributed by atoms with Gasteiger partial charge in [-0.3, -0.25) is 14.4 Å². The summed E-state index contributed by atoms with van der Waals surface area (Å²) in [6.45, 7) is 6.23. The summed E-state index contributed by atoms with van der Waals surface area (Å²) in [6, 6.07) is 5.92. The number of ether oxygens (including phenoxy) is 1. The van der Waals surface area contributed by atoms with Crippen LogP contribution in [0.15, 0.2) is 36.9 Å². The van der Waals surface area contributed by atoms with Gasteiger partial charge >= 0.3 is 5.97 Å². The molecule has 3 saturated heterocycles. The number of unbranched alkanes of at least 4 members (excludes halogenated alkanes) is 2. The van der Waals surface area contributed by atoms with Crippen molar-refractivity contribution in [3.05, 3.63) is 41.9 Å². The van der Waals surface area contributed by atoms with Crippen LogP contribution in [-0.2, 0) is 19.1 Å². The summed E-state index contributed by atoms with van der Waals surface area (Å²) >= 11 is 6.06. The number of aliphatic carboxylic acids is 1. The molecule has 5 atom stereocenters. The van der Waals surface area contributed by atoms with E-state index in [1.807, 2.05) is 6.92 Å². The molecular formula is C26H33ClN2O6. The van der Waals surface area contributed by atoms with Crippen LogP contribution in [0.2, 0.25) is 5.02 Å². The molecule has 3 aliphatic rings. The van der Waals surface area contributed by atoms with Crippen LogP contribution in [0.25, 0.3) is 0 Å². The SMILES string of the molecule is C=CCN(C(=O)C1N(CCCCCO)C(=O)[C@@H]2[C@@H](C(=O)O)[C@@]3(CC)CCC12O3)c1ccc(Cl)cc1. The summed E-state index contributed by atoms with van der Waals surface area (Å²) < 4.78 is 6.56. The second-order valence-electron chi connectivity index (χ2n) is 9.70. The third kappa shape index (κ3) is 4.05. The molecule has 3 aliphatic heterocycles. The molecule has 2 amide bonds. The molecule has 8 nitrogen and oxygen atoms in total. The van der Waals surface area contributed by atoms with Gasteiger partial charge in [0.05, 0.1) is 11.5 Å². The van der Waals surface area contributed by atoms with Gasteiger partial charge in [-0.2, -0.15) is 0 Å². The van der Waals surface area contributed by atoms with Crippen LogP contribution >= 0.6 is 11.6 Å². The van der Waals surface area contributed by atoms with Gasteiger partial charge in [0.2, 0.25) is 5.91 Å². The van der Waals surface area contributed by atoms with Gasteiger partial charge in [-0.25, -0.2) is 0 Å². The number of carboxylic acids is 1. The number of amides is 2. The Morgan fingerprint density at radius 1 is 1.26 bits per heavy atom. The van der Waals surface area contributed by atoms with Crippen molar-refractivity contribution in [3.8, 4) is 0 Å². The molecule has 4 rings (SSSR count). The number of fused-ring (bicyclic) bond motifs is 1. The van der Waals surface area contributed by atoms with Crippen LogP contribution in [0, 0.1) is 11.8 Å². The molecule has 3 fully saturated rings.